The number of halogens is 2. The van der Waals surface area contributed by atoms with Crippen molar-refractivity contribution in [1.82, 2.24) is 5.06 Å². The molecule has 0 aliphatic carbocycles. The Labute approximate surface area is 180 Å². The SMILES string of the molecule is CON1CCC2(CC1)C(=O)C(c1c(C)cc(Cl)cc1C)C(=O)N2c1ccc(F)cc1. The quantitative estimate of drug-likeness (QED) is 0.685. The van der Waals surface area contributed by atoms with Gasteiger partial charge in [-0.2, -0.15) is 5.06 Å². The van der Waals surface area contributed by atoms with Gasteiger partial charge in [0.05, 0.1) is 7.11 Å². The molecule has 2 saturated heterocycles. The van der Waals surface area contributed by atoms with E-state index < -0.39 is 11.5 Å². The van der Waals surface area contributed by atoms with Crippen LogP contribution in [0.4, 0.5) is 10.1 Å². The number of aryl methyl sites for hydroxylation is 2. The standard InChI is InChI=1S/C23H24ClFN2O3/c1-14-12-16(24)13-15(2)19(14)20-21(28)23(8-10-26(30-3)11-9-23)27(22(20)29)18-6-4-17(25)5-7-18/h4-7,12-13,20H,8-11H2,1-3H3. The van der Waals surface area contributed by atoms with Crippen LogP contribution in [0.5, 0.6) is 0 Å². The number of carbonyl (C=O) groups excluding carboxylic acids is 2. The largest absolute Gasteiger partial charge is 0.302 e. The first-order valence-corrected chi connectivity index (χ1v) is 10.4. The number of rotatable bonds is 3. The minimum atomic E-state index is -0.979. The number of Topliss-reactive ketones (excluding diaryl/α,β-unsaturated/α-hetero) is 1. The fourth-order valence-corrected chi connectivity index (χ4v) is 5.26. The van der Waals surface area contributed by atoms with Gasteiger partial charge in [0.15, 0.2) is 5.78 Å². The highest BCUT2D eigenvalue weighted by Gasteiger charge is 2.60. The van der Waals surface area contributed by atoms with Crippen LogP contribution in [0, 0.1) is 19.7 Å². The van der Waals surface area contributed by atoms with Crippen LogP contribution in [0.25, 0.3) is 0 Å². The molecule has 4 rings (SSSR count). The summed E-state index contributed by atoms with van der Waals surface area (Å²) in [5.74, 6) is -1.67. The van der Waals surface area contributed by atoms with Crippen molar-refractivity contribution in [3.63, 3.8) is 0 Å². The predicted octanol–water partition coefficient (Wildman–Crippen LogP) is 4.19. The Balaban J connectivity index is 1.85. The second kappa shape index (κ2) is 7.76. The summed E-state index contributed by atoms with van der Waals surface area (Å²) >= 11 is 6.18. The number of hydrogen-bond acceptors (Lipinski definition) is 4. The summed E-state index contributed by atoms with van der Waals surface area (Å²) < 4.78 is 13.6. The molecule has 2 heterocycles. The number of amides is 1. The van der Waals surface area contributed by atoms with E-state index in [9.17, 15) is 14.0 Å². The fourth-order valence-electron chi connectivity index (χ4n) is 4.94. The van der Waals surface area contributed by atoms with Crippen LogP contribution >= 0.6 is 11.6 Å². The Morgan fingerprint density at radius 3 is 2.17 bits per heavy atom. The number of carbonyl (C=O) groups is 2. The summed E-state index contributed by atoms with van der Waals surface area (Å²) in [6.07, 6.45) is 0.899. The van der Waals surface area contributed by atoms with Crippen molar-refractivity contribution in [2.45, 2.75) is 38.1 Å². The molecule has 1 amide bonds. The van der Waals surface area contributed by atoms with Gasteiger partial charge in [-0.05, 0) is 79.8 Å². The number of nitrogens with zero attached hydrogens (tertiary/aromatic N) is 2. The first kappa shape index (κ1) is 21.0. The van der Waals surface area contributed by atoms with Crippen LogP contribution in [-0.4, -0.2) is 42.5 Å². The van der Waals surface area contributed by atoms with E-state index in [0.29, 0.717) is 42.2 Å². The topological polar surface area (TPSA) is 49.9 Å². The van der Waals surface area contributed by atoms with E-state index in [1.807, 2.05) is 13.8 Å². The van der Waals surface area contributed by atoms with E-state index in [4.69, 9.17) is 16.4 Å². The second-order valence-electron chi connectivity index (χ2n) is 8.04. The minimum absolute atomic E-state index is 0.110. The number of hydroxylamine groups is 2. The van der Waals surface area contributed by atoms with Gasteiger partial charge in [0.25, 0.3) is 0 Å². The van der Waals surface area contributed by atoms with E-state index >= 15 is 0 Å². The second-order valence-corrected chi connectivity index (χ2v) is 8.48. The highest BCUT2D eigenvalue weighted by atomic mass is 35.5. The molecule has 1 unspecified atom stereocenters. The summed E-state index contributed by atoms with van der Waals surface area (Å²) in [5, 5.41) is 2.36. The van der Waals surface area contributed by atoms with Gasteiger partial charge >= 0.3 is 0 Å². The smallest absolute Gasteiger partial charge is 0.243 e. The molecular formula is C23H24ClFN2O3. The Morgan fingerprint density at radius 2 is 1.63 bits per heavy atom. The molecule has 2 aromatic rings. The van der Waals surface area contributed by atoms with Gasteiger partial charge in [-0.1, -0.05) is 11.6 Å². The molecule has 0 radical (unpaired) electrons. The summed E-state index contributed by atoms with van der Waals surface area (Å²) in [7, 11) is 1.60. The third kappa shape index (κ3) is 3.23. The maximum atomic E-state index is 13.9. The van der Waals surface area contributed by atoms with Crippen LogP contribution in [0.2, 0.25) is 5.02 Å². The Bertz CT molecular complexity index is 977. The molecule has 0 aromatic heterocycles. The van der Waals surface area contributed by atoms with E-state index in [2.05, 4.69) is 0 Å². The predicted molar refractivity (Wildman–Crippen MR) is 113 cm³/mol. The number of anilines is 1. The van der Waals surface area contributed by atoms with Crippen molar-refractivity contribution in [2.24, 2.45) is 0 Å². The summed E-state index contributed by atoms with van der Waals surface area (Å²) in [6, 6.07) is 9.33. The molecule has 5 nitrogen and oxygen atoms in total. The normalized spacial score (nSPS) is 21.6. The van der Waals surface area contributed by atoms with Crippen LogP contribution in [0.3, 0.4) is 0 Å². The van der Waals surface area contributed by atoms with Crippen LogP contribution in [0.15, 0.2) is 36.4 Å². The molecule has 158 valence electrons. The number of ketones is 1. The Kier molecular flexibility index (Phi) is 5.43. The molecular weight excluding hydrogens is 407 g/mol. The Morgan fingerprint density at radius 1 is 1.07 bits per heavy atom. The molecule has 1 spiro atoms. The minimum Gasteiger partial charge on any atom is -0.302 e. The average Bonchev–Trinajstić information content (AvgIpc) is 2.90. The van der Waals surface area contributed by atoms with E-state index in [0.717, 1.165) is 11.1 Å². The highest BCUT2D eigenvalue weighted by Crippen LogP contribution is 2.47. The van der Waals surface area contributed by atoms with Gasteiger partial charge in [-0.15, -0.1) is 0 Å². The van der Waals surface area contributed by atoms with Gasteiger partial charge in [0, 0.05) is 23.8 Å². The van der Waals surface area contributed by atoms with Crippen LogP contribution < -0.4 is 4.90 Å². The highest BCUT2D eigenvalue weighted by molar-refractivity contribution is 6.31. The maximum absolute atomic E-state index is 13.9. The molecule has 2 aliphatic rings. The number of hydrogen-bond donors (Lipinski definition) is 0. The van der Waals surface area contributed by atoms with Crippen molar-refractivity contribution in [3.05, 3.63) is 63.9 Å². The molecule has 2 aliphatic heterocycles. The molecule has 2 fully saturated rings. The zero-order valence-electron chi connectivity index (χ0n) is 17.2. The van der Waals surface area contributed by atoms with Gasteiger partial charge in [0.1, 0.15) is 17.3 Å². The van der Waals surface area contributed by atoms with Gasteiger partial charge in [-0.25, -0.2) is 4.39 Å². The van der Waals surface area contributed by atoms with Crippen LogP contribution in [-0.2, 0) is 14.4 Å². The third-order valence-corrected chi connectivity index (χ3v) is 6.57. The lowest BCUT2D eigenvalue weighted by molar-refractivity contribution is -0.155. The molecule has 30 heavy (non-hydrogen) atoms. The van der Waals surface area contributed by atoms with Gasteiger partial charge in [0.2, 0.25) is 5.91 Å². The maximum Gasteiger partial charge on any atom is 0.243 e. The lowest BCUT2D eigenvalue weighted by atomic mass is 9.78. The zero-order valence-corrected chi connectivity index (χ0v) is 18.0. The van der Waals surface area contributed by atoms with E-state index in [1.54, 1.807) is 41.3 Å². The zero-order chi connectivity index (χ0) is 21.6. The first-order valence-electron chi connectivity index (χ1n) is 9.98. The van der Waals surface area contributed by atoms with E-state index in [-0.39, 0.29) is 17.5 Å². The van der Waals surface area contributed by atoms with Crippen molar-refractivity contribution in [2.75, 3.05) is 25.1 Å². The molecule has 0 N–H and O–H groups in total. The van der Waals surface area contributed by atoms with Crippen molar-refractivity contribution >= 4 is 29.0 Å². The lowest BCUT2D eigenvalue weighted by Crippen LogP contribution is -2.56. The molecule has 0 saturated carbocycles. The summed E-state index contributed by atoms with van der Waals surface area (Å²) in [6.45, 7) is 4.79. The van der Waals surface area contributed by atoms with Crippen LogP contribution in [0.1, 0.15) is 35.4 Å². The van der Waals surface area contributed by atoms with E-state index in [1.165, 1.54) is 12.1 Å². The van der Waals surface area contributed by atoms with Gasteiger partial charge in [-0.3, -0.25) is 14.5 Å². The molecule has 2 aromatic carbocycles. The lowest BCUT2D eigenvalue weighted by Gasteiger charge is -2.42. The summed E-state index contributed by atoms with van der Waals surface area (Å²) in [5.41, 5.74) is 1.90. The first-order chi connectivity index (χ1) is 14.3. The molecule has 0 bridgehead atoms. The van der Waals surface area contributed by atoms with Crippen molar-refractivity contribution in [3.8, 4) is 0 Å². The molecule has 1 atom stereocenters. The molecule has 7 heteroatoms. The van der Waals surface area contributed by atoms with Crippen molar-refractivity contribution in [1.29, 1.82) is 0 Å². The summed E-state index contributed by atoms with van der Waals surface area (Å²) in [4.78, 5) is 34.6. The monoisotopic (exact) mass is 430 g/mol. The van der Waals surface area contributed by atoms with Crippen molar-refractivity contribution < 1.29 is 18.8 Å². The number of benzene rings is 2. The number of piperidine rings is 1. The average molecular weight is 431 g/mol. The third-order valence-electron chi connectivity index (χ3n) is 6.36. The fraction of sp³-hybridized carbons (Fsp3) is 0.391. The Hall–Kier alpha value is -2.28. The van der Waals surface area contributed by atoms with Gasteiger partial charge < -0.3 is 4.84 Å².